The molecule has 0 aliphatic rings. The predicted molar refractivity (Wildman–Crippen MR) is 68.8 cm³/mol. The molecule has 0 aliphatic heterocycles. The summed E-state index contributed by atoms with van der Waals surface area (Å²) in [7, 11) is 0. The summed E-state index contributed by atoms with van der Waals surface area (Å²) < 4.78 is 5.38. The molecule has 0 heterocycles. The molecule has 3 heteroatoms. The van der Waals surface area contributed by atoms with Crippen LogP contribution < -0.4 is 5.32 Å². The maximum Gasteiger partial charge on any atom is 0.0591 e. The van der Waals surface area contributed by atoms with E-state index >= 15 is 0 Å². The molecule has 16 heavy (non-hydrogen) atoms. The SMILES string of the molecule is C=CCCOCCNCc1ccc(Cl)cc1. The topological polar surface area (TPSA) is 21.3 Å². The molecule has 0 aliphatic carbocycles. The fraction of sp³-hybridized carbons (Fsp3) is 0.385. The molecule has 0 saturated heterocycles. The van der Waals surface area contributed by atoms with Crippen molar-refractivity contribution in [1.82, 2.24) is 5.32 Å². The molecule has 0 amide bonds. The van der Waals surface area contributed by atoms with E-state index in [4.69, 9.17) is 16.3 Å². The van der Waals surface area contributed by atoms with Gasteiger partial charge in [0.15, 0.2) is 0 Å². The van der Waals surface area contributed by atoms with Crippen molar-refractivity contribution in [3.8, 4) is 0 Å². The first-order valence-corrected chi connectivity index (χ1v) is 5.84. The molecule has 0 radical (unpaired) electrons. The molecule has 0 fully saturated rings. The summed E-state index contributed by atoms with van der Waals surface area (Å²) in [4.78, 5) is 0. The highest BCUT2D eigenvalue weighted by Crippen LogP contribution is 2.08. The summed E-state index contributed by atoms with van der Waals surface area (Å²) in [6, 6.07) is 7.85. The standard InChI is InChI=1S/C13H18ClNO/c1-2-3-9-16-10-8-15-11-12-4-6-13(14)7-5-12/h2,4-7,15H,1,3,8-11H2. The van der Waals surface area contributed by atoms with Gasteiger partial charge >= 0.3 is 0 Å². The van der Waals surface area contributed by atoms with Gasteiger partial charge in [0.05, 0.1) is 13.2 Å². The molecule has 1 aromatic rings. The average molecular weight is 240 g/mol. The summed E-state index contributed by atoms with van der Waals surface area (Å²) in [6.07, 6.45) is 2.78. The second-order valence-corrected chi connectivity index (χ2v) is 3.93. The minimum absolute atomic E-state index is 0.738. The number of benzene rings is 1. The summed E-state index contributed by atoms with van der Waals surface area (Å²) >= 11 is 5.80. The highest BCUT2D eigenvalue weighted by molar-refractivity contribution is 6.30. The molecular formula is C13H18ClNO. The van der Waals surface area contributed by atoms with E-state index in [0.29, 0.717) is 0 Å². The zero-order valence-electron chi connectivity index (χ0n) is 9.42. The molecule has 0 aromatic heterocycles. The van der Waals surface area contributed by atoms with Crippen molar-refractivity contribution in [2.45, 2.75) is 13.0 Å². The largest absolute Gasteiger partial charge is 0.380 e. The molecule has 1 N–H and O–H groups in total. The van der Waals surface area contributed by atoms with Crippen LogP contribution in [0.3, 0.4) is 0 Å². The van der Waals surface area contributed by atoms with Gasteiger partial charge in [-0.1, -0.05) is 29.8 Å². The highest BCUT2D eigenvalue weighted by atomic mass is 35.5. The third kappa shape index (κ3) is 5.91. The second kappa shape index (κ2) is 8.34. The summed E-state index contributed by atoms with van der Waals surface area (Å²) in [5.41, 5.74) is 1.23. The Morgan fingerprint density at radius 1 is 1.25 bits per heavy atom. The maximum absolute atomic E-state index is 5.80. The highest BCUT2D eigenvalue weighted by Gasteiger charge is 1.92. The Bertz CT molecular complexity index is 297. The Morgan fingerprint density at radius 3 is 2.69 bits per heavy atom. The van der Waals surface area contributed by atoms with Gasteiger partial charge in [-0.05, 0) is 24.1 Å². The third-order valence-corrected chi connectivity index (χ3v) is 2.38. The van der Waals surface area contributed by atoms with Crippen LogP contribution in [-0.4, -0.2) is 19.8 Å². The second-order valence-electron chi connectivity index (χ2n) is 3.49. The third-order valence-electron chi connectivity index (χ3n) is 2.13. The molecule has 1 aromatic carbocycles. The number of ether oxygens (including phenoxy) is 1. The van der Waals surface area contributed by atoms with Crippen molar-refractivity contribution in [1.29, 1.82) is 0 Å². The van der Waals surface area contributed by atoms with E-state index in [2.05, 4.69) is 11.9 Å². The molecule has 88 valence electrons. The predicted octanol–water partition coefficient (Wildman–Crippen LogP) is 3.02. The van der Waals surface area contributed by atoms with Crippen LogP contribution in [0, 0.1) is 0 Å². The number of rotatable bonds is 8. The van der Waals surface area contributed by atoms with Gasteiger partial charge in [0.2, 0.25) is 0 Å². The summed E-state index contributed by atoms with van der Waals surface area (Å²) in [6.45, 7) is 6.84. The maximum atomic E-state index is 5.80. The van der Waals surface area contributed by atoms with Crippen LogP contribution in [0.4, 0.5) is 0 Å². The van der Waals surface area contributed by atoms with Crippen molar-refractivity contribution in [2.75, 3.05) is 19.8 Å². The molecular weight excluding hydrogens is 222 g/mol. The lowest BCUT2D eigenvalue weighted by Gasteiger charge is -2.05. The quantitative estimate of drug-likeness (QED) is 0.556. The first-order valence-electron chi connectivity index (χ1n) is 5.46. The van der Waals surface area contributed by atoms with E-state index in [0.717, 1.165) is 37.7 Å². The Hall–Kier alpha value is -0.830. The van der Waals surface area contributed by atoms with Crippen molar-refractivity contribution in [3.63, 3.8) is 0 Å². The van der Waals surface area contributed by atoms with Gasteiger partial charge in [0, 0.05) is 18.1 Å². The minimum atomic E-state index is 0.738. The monoisotopic (exact) mass is 239 g/mol. The van der Waals surface area contributed by atoms with Crippen molar-refractivity contribution in [3.05, 3.63) is 47.5 Å². The number of hydrogen-bond donors (Lipinski definition) is 1. The van der Waals surface area contributed by atoms with Crippen LogP contribution >= 0.6 is 11.6 Å². The molecule has 0 spiro atoms. The fourth-order valence-corrected chi connectivity index (χ4v) is 1.37. The normalized spacial score (nSPS) is 10.3. The molecule has 0 saturated carbocycles. The van der Waals surface area contributed by atoms with Crippen LogP contribution in [0.1, 0.15) is 12.0 Å². The number of halogens is 1. The Kier molecular flexibility index (Phi) is 6.90. The Labute approximate surface area is 102 Å². The smallest absolute Gasteiger partial charge is 0.0591 e. The van der Waals surface area contributed by atoms with Crippen molar-refractivity contribution in [2.24, 2.45) is 0 Å². The Balaban J connectivity index is 2.02. The van der Waals surface area contributed by atoms with Crippen molar-refractivity contribution < 1.29 is 4.74 Å². The molecule has 1 rings (SSSR count). The summed E-state index contributed by atoms with van der Waals surface area (Å²) in [5, 5.41) is 4.08. The average Bonchev–Trinajstić information content (AvgIpc) is 2.30. The van der Waals surface area contributed by atoms with E-state index in [1.807, 2.05) is 30.3 Å². The lowest BCUT2D eigenvalue weighted by atomic mass is 10.2. The number of nitrogens with one attached hydrogen (secondary N) is 1. The van der Waals surface area contributed by atoms with E-state index in [1.54, 1.807) is 0 Å². The van der Waals surface area contributed by atoms with E-state index < -0.39 is 0 Å². The van der Waals surface area contributed by atoms with Gasteiger partial charge in [-0.2, -0.15) is 0 Å². The summed E-state index contributed by atoms with van der Waals surface area (Å²) in [5.74, 6) is 0. The Morgan fingerprint density at radius 2 is 2.00 bits per heavy atom. The van der Waals surface area contributed by atoms with Gasteiger partial charge < -0.3 is 10.1 Å². The van der Waals surface area contributed by atoms with E-state index in [9.17, 15) is 0 Å². The van der Waals surface area contributed by atoms with Crippen LogP contribution in [0.5, 0.6) is 0 Å². The van der Waals surface area contributed by atoms with Crippen LogP contribution in [0.2, 0.25) is 5.02 Å². The molecule has 2 nitrogen and oxygen atoms in total. The van der Waals surface area contributed by atoms with Crippen LogP contribution in [0.25, 0.3) is 0 Å². The van der Waals surface area contributed by atoms with Gasteiger partial charge in [-0.3, -0.25) is 0 Å². The van der Waals surface area contributed by atoms with E-state index in [1.165, 1.54) is 5.56 Å². The molecule has 0 atom stereocenters. The van der Waals surface area contributed by atoms with Crippen LogP contribution in [0.15, 0.2) is 36.9 Å². The lowest BCUT2D eigenvalue weighted by molar-refractivity contribution is 0.140. The van der Waals surface area contributed by atoms with E-state index in [-0.39, 0.29) is 0 Å². The van der Waals surface area contributed by atoms with Crippen LogP contribution in [-0.2, 0) is 11.3 Å². The lowest BCUT2D eigenvalue weighted by Crippen LogP contribution is -2.19. The fourth-order valence-electron chi connectivity index (χ4n) is 1.25. The van der Waals surface area contributed by atoms with Gasteiger partial charge in [0.1, 0.15) is 0 Å². The minimum Gasteiger partial charge on any atom is -0.380 e. The zero-order chi connectivity index (χ0) is 11.6. The first-order chi connectivity index (χ1) is 7.83. The molecule has 0 unspecified atom stereocenters. The zero-order valence-corrected chi connectivity index (χ0v) is 10.2. The van der Waals surface area contributed by atoms with Gasteiger partial charge in [-0.15, -0.1) is 6.58 Å². The van der Waals surface area contributed by atoms with Gasteiger partial charge in [-0.25, -0.2) is 0 Å². The number of hydrogen-bond acceptors (Lipinski definition) is 2. The van der Waals surface area contributed by atoms with Gasteiger partial charge in [0.25, 0.3) is 0 Å². The van der Waals surface area contributed by atoms with Crippen molar-refractivity contribution >= 4 is 11.6 Å². The molecule has 0 bridgehead atoms. The first kappa shape index (κ1) is 13.2.